The Kier molecular flexibility index (Phi) is 9.19. The summed E-state index contributed by atoms with van der Waals surface area (Å²) in [6.45, 7) is 7.02. The number of likely N-dealkylation sites (tertiary alicyclic amines) is 1. The van der Waals surface area contributed by atoms with Crippen molar-refractivity contribution in [3.05, 3.63) is 65.2 Å². The minimum atomic E-state index is -0.707. The molecule has 1 atom stereocenters. The lowest BCUT2D eigenvalue weighted by atomic mass is 9.95. The number of carbonyl (C=O) groups is 2. The van der Waals surface area contributed by atoms with Gasteiger partial charge < -0.3 is 24.2 Å². The van der Waals surface area contributed by atoms with Crippen LogP contribution in [0, 0.1) is 0 Å². The molecule has 0 radical (unpaired) electrons. The zero-order valence-corrected chi connectivity index (χ0v) is 21.7. The van der Waals surface area contributed by atoms with E-state index in [0.29, 0.717) is 49.8 Å². The van der Waals surface area contributed by atoms with Crippen molar-refractivity contribution in [3.63, 3.8) is 0 Å². The molecule has 0 spiro atoms. The number of ether oxygens (including phenoxy) is 3. The molecule has 1 unspecified atom stereocenters. The van der Waals surface area contributed by atoms with E-state index in [-0.39, 0.29) is 11.3 Å². The number of aliphatic hydroxyl groups is 1. The highest BCUT2D eigenvalue weighted by atomic mass is 16.5. The smallest absolute Gasteiger partial charge is 0.295 e. The fraction of sp³-hybridized carbons (Fsp3) is 0.448. The lowest BCUT2D eigenvalue weighted by molar-refractivity contribution is -0.140. The van der Waals surface area contributed by atoms with Crippen LogP contribution in [0.5, 0.6) is 11.5 Å². The summed E-state index contributed by atoms with van der Waals surface area (Å²) in [5, 5.41) is 11.3. The first-order valence-corrected chi connectivity index (χ1v) is 13.0. The van der Waals surface area contributed by atoms with Gasteiger partial charge in [0.25, 0.3) is 11.7 Å². The zero-order chi connectivity index (χ0) is 26.2. The summed E-state index contributed by atoms with van der Waals surface area (Å²) < 4.78 is 16.5. The Hall–Kier alpha value is -3.36. The molecule has 37 heavy (non-hydrogen) atoms. The molecule has 0 aromatic heterocycles. The second-order valence-electron chi connectivity index (χ2n) is 9.30. The van der Waals surface area contributed by atoms with Crippen molar-refractivity contribution in [1.82, 2.24) is 9.80 Å². The van der Waals surface area contributed by atoms with Gasteiger partial charge in [0.05, 0.1) is 38.5 Å². The molecule has 8 nitrogen and oxygen atoms in total. The third-order valence-electron chi connectivity index (χ3n) is 6.82. The minimum Gasteiger partial charge on any atom is -0.507 e. The molecule has 2 aliphatic rings. The highest BCUT2D eigenvalue weighted by Crippen LogP contribution is 2.40. The number of unbranched alkanes of at least 4 members (excludes halogenated alkanes) is 1. The van der Waals surface area contributed by atoms with Crippen LogP contribution >= 0.6 is 0 Å². The molecule has 0 aliphatic carbocycles. The monoisotopic (exact) mass is 508 g/mol. The Morgan fingerprint density at radius 3 is 2.49 bits per heavy atom. The molecule has 4 rings (SSSR count). The summed E-state index contributed by atoms with van der Waals surface area (Å²) in [6, 6.07) is 13.5. The number of hydrogen-bond donors (Lipinski definition) is 1. The fourth-order valence-corrected chi connectivity index (χ4v) is 4.76. The molecule has 1 amide bonds. The van der Waals surface area contributed by atoms with Crippen molar-refractivity contribution in [2.24, 2.45) is 0 Å². The summed E-state index contributed by atoms with van der Waals surface area (Å²) in [7, 11) is 1.56. The largest absolute Gasteiger partial charge is 0.507 e. The van der Waals surface area contributed by atoms with Gasteiger partial charge in [-0.1, -0.05) is 25.5 Å². The highest BCUT2D eigenvalue weighted by molar-refractivity contribution is 6.46. The lowest BCUT2D eigenvalue weighted by Gasteiger charge is -2.29. The average Bonchev–Trinajstić information content (AvgIpc) is 3.19. The summed E-state index contributed by atoms with van der Waals surface area (Å²) in [4.78, 5) is 30.5. The third kappa shape index (κ3) is 6.32. The number of rotatable bonds is 11. The molecule has 2 aliphatic heterocycles. The normalized spacial score (nSPS) is 19.8. The van der Waals surface area contributed by atoms with E-state index in [1.807, 2.05) is 24.3 Å². The van der Waals surface area contributed by atoms with Crippen LogP contribution in [0.25, 0.3) is 5.76 Å². The van der Waals surface area contributed by atoms with Crippen molar-refractivity contribution in [2.75, 3.05) is 53.1 Å². The summed E-state index contributed by atoms with van der Waals surface area (Å²) in [6.07, 6.45) is 2.66. The first kappa shape index (κ1) is 26.7. The zero-order valence-electron chi connectivity index (χ0n) is 21.7. The predicted octanol–water partition coefficient (Wildman–Crippen LogP) is 4.02. The van der Waals surface area contributed by atoms with Gasteiger partial charge in [0.1, 0.15) is 17.3 Å². The van der Waals surface area contributed by atoms with E-state index in [2.05, 4.69) is 11.8 Å². The first-order chi connectivity index (χ1) is 18.0. The molecule has 0 bridgehead atoms. The van der Waals surface area contributed by atoms with Crippen molar-refractivity contribution in [2.45, 2.75) is 32.2 Å². The fourth-order valence-electron chi connectivity index (χ4n) is 4.76. The molecule has 198 valence electrons. The number of methoxy groups -OCH3 is 1. The maximum Gasteiger partial charge on any atom is 0.295 e. The Morgan fingerprint density at radius 2 is 1.78 bits per heavy atom. The van der Waals surface area contributed by atoms with E-state index in [1.165, 1.54) is 0 Å². The van der Waals surface area contributed by atoms with Crippen molar-refractivity contribution >= 4 is 17.4 Å². The van der Waals surface area contributed by atoms with E-state index >= 15 is 0 Å². The molecule has 0 saturated carbocycles. The van der Waals surface area contributed by atoms with E-state index in [9.17, 15) is 14.7 Å². The number of Topliss-reactive ketones (excluding diaryl/α,β-unsaturated/α-hetero) is 1. The van der Waals surface area contributed by atoms with Crippen LogP contribution in [0.1, 0.15) is 43.4 Å². The van der Waals surface area contributed by atoms with Crippen LogP contribution in [0.3, 0.4) is 0 Å². The second-order valence-corrected chi connectivity index (χ2v) is 9.30. The number of morpholine rings is 1. The van der Waals surface area contributed by atoms with Crippen LogP contribution in [0.15, 0.2) is 54.1 Å². The van der Waals surface area contributed by atoms with E-state index in [0.717, 1.165) is 38.0 Å². The summed E-state index contributed by atoms with van der Waals surface area (Å²) in [5.74, 6) is -0.164. The van der Waals surface area contributed by atoms with Gasteiger partial charge in [-0.25, -0.2) is 0 Å². The second kappa shape index (κ2) is 12.7. The Bertz CT molecular complexity index is 1110. The highest BCUT2D eigenvalue weighted by Gasteiger charge is 2.46. The number of nitrogens with zero attached hydrogens (tertiary/aromatic N) is 2. The Morgan fingerprint density at radius 1 is 1.03 bits per heavy atom. The Balaban J connectivity index is 1.66. The van der Waals surface area contributed by atoms with Crippen LogP contribution in [-0.4, -0.2) is 79.7 Å². The number of ketones is 1. The van der Waals surface area contributed by atoms with Crippen LogP contribution < -0.4 is 9.47 Å². The standard InChI is InChI=1S/C29H36N2O6/c1-3-4-17-37-24-8-5-7-22(20-24)26-25(27(32)21-9-11-23(35-2)12-10-21)28(33)29(34)31(26)14-6-13-30-15-18-36-19-16-30/h5,7-12,20,26,32H,3-4,6,13-19H2,1-2H3/b27-25+. The number of hydrogen-bond acceptors (Lipinski definition) is 7. The van der Waals surface area contributed by atoms with Gasteiger partial charge in [-0.2, -0.15) is 0 Å². The van der Waals surface area contributed by atoms with Crippen molar-refractivity contribution < 1.29 is 28.9 Å². The number of amides is 1. The summed E-state index contributed by atoms with van der Waals surface area (Å²) in [5.41, 5.74) is 1.27. The molecule has 1 N–H and O–H groups in total. The molecule has 2 fully saturated rings. The van der Waals surface area contributed by atoms with Crippen molar-refractivity contribution in [3.8, 4) is 11.5 Å². The van der Waals surface area contributed by atoms with E-state index in [1.54, 1.807) is 36.3 Å². The summed E-state index contributed by atoms with van der Waals surface area (Å²) >= 11 is 0. The first-order valence-electron chi connectivity index (χ1n) is 13.0. The van der Waals surface area contributed by atoms with Gasteiger partial charge in [-0.3, -0.25) is 14.5 Å². The molecular formula is C29H36N2O6. The van der Waals surface area contributed by atoms with Gasteiger partial charge in [0.15, 0.2) is 0 Å². The molecule has 2 aromatic carbocycles. The van der Waals surface area contributed by atoms with E-state index < -0.39 is 17.7 Å². The molecular weight excluding hydrogens is 472 g/mol. The maximum absolute atomic E-state index is 13.3. The maximum atomic E-state index is 13.3. The van der Waals surface area contributed by atoms with Crippen LogP contribution in [-0.2, 0) is 14.3 Å². The van der Waals surface area contributed by atoms with Crippen LogP contribution in [0.4, 0.5) is 0 Å². The quantitative estimate of drug-likeness (QED) is 0.212. The van der Waals surface area contributed by atoms with Gasteiger partial charge >= 0.3 is 0 Å². The number of aliphatic hydroxyl groups excluding tert-OH is 1. The molecule has 8 heteroatoms. The molecule has 2 saturated heterocycles. The van der Waals surface area contributed by atoms with Crippen LogP contribution in [0.2, 0.25) is 0 Å². The van der Waals surface area contributed by atoms with Gasteiger partial charge in [-0.15, -0.1) is 0 Å². The minimum absolute atomic E-state index is 0.0900. The molecule has 2 heterocycles. The topological polar surface area (TPSA) is 88.5 Å². The predicted molar refractivity (Wildman–Crippen MR) is 141 cm³/mol. The van der Waals surface area contributed by atoms with Crippen molar-refractivity contribution in [1.29, 1.82) is 0 Å². The number of benzene rings is 2. The average molecular weight is 509 g/mol. The lowest BCUT2D eigenvalue weighted by Crippen LogP contribution is -2.38. The number of carbonyl (C=O) groups excluding carboxylic acids is 2. The van der Waals surface area contributed by atoms with Gasteiger partial charge in [0.2, 0.25) is 0 Å². The van der Waals surface area contributed by atoms with Gasteiger partial charge in [0, 0.05) is 31.7 Å². The van der Waals surface area contributed by atoms with Gasteiger partial charge in [-0.05, 0) is 54.8 Å². The Labute approximate surface area is 218 Å². The third-order valence-corrected chi connectivity index (χ3v) is 6.82. The SMILES string of the molecule is CCCCOc1cccc(C2/C(=C(\O)c3ccc(OC)cc3)C(=O)C(=O)N2CCCN2CCOCC2)c1. The van der Waals surface area contributed by atoms with E-state index in [4.69, 9.17) is 14.2 Å². The molecule has 2 aromatic rings.